The maximum Gasteiger partial charge on any atom is 0.251 e. The van der Waals surface area contributed by atoms with E-state index in [9.17, 15) is 4.79 Å². The van der Waals surface area contributed by atoms with Gasteiger partial charge in [0, 0.05) is 24.2 Å². The lowest BCUT2D eigenvalue weighted by Crippen LogP contribution is -2.18. The lowest BCUT2D eigenvalue weighted by Gasteiger charge is -2.07. The Bertz CT molecular complexity index is 502. The number of nitrogens with zero attached hydrogens (tertiary/aromatic N) is 2. The summed E-state index contributed by atoms with van der Waals surface area (Å²) in [5.41, 5.74) is 0.967. The van der Waals surface area contributed by atoms with Crippen molar-refractivity contribution in [3.05, 3.63) is 40.9 Å². The molecule has 0 N–H and O–H groups in total. The second-order valence-electron chi connectivity index (χ2n) is 3.26. The van der Waals surface area contributed by atoms with Crippen molar-refractivity contribution in [1.29, 1.82) is 0 Å². The highest BCUT2D eigenvalue weighted by Crippen LogP contribution is 2.09. The van der Waals surface area contributed by atoms with Crippen LogP contribution < -0.4 is 5.56 Å². The minimum Gasteiger partial charge on any atom is -0.307 e. The van der Waals surface area contributed by atoms with Crippen LogP contribution in [-0.2, 0) is 6.54 Å². The largest absolute Gasteiger partial charge is 0.307 e. The van der Waals surface area contributed by atoms with Crippen LogP contribution in [-0.4, -0.2) is 9.55 Å². The maximum atomic E-state index is 11.6. The molecular weight excluding hydrogens is 176 g/mol. The van der Waals surface area contributed by atoms with Gasteiger partial charge in [0.05, 0.1) is 11.7 Å². The molecule has 2 aromatic rings. The Morgan fingerprint density at radius 3 is 3.00 bits per heavy atom. The fraction of sp³-hybridized carbons (Fsp3) is 0.273. The number of pyridine rings is 2. The summed E-state index contributed by atoms with van der Waals surface area (Å²) in [6, 6.07) is 5.37. The molecule has 0 aliphatic rings. The predicted octanol–water partition coefficient (Wildman–Crippen LogP) is 1.81. The maximum absolute atomic E-state index is 11.6. The van der Waals surface area contributed by atoms with Gasteiger partial charge in [-0.15, -0.1) is 0 Å². The van der Waals surface area contributed by atoms with Gasteiger partial charge in [-0.2, -0.15) is 0 Å². The molecule has 2 rings (SSSR count). The van der Waals surface area contributed by atoms with Gasteiger partial charge in [0.15, 0.2) is 0 Å². The molecule has 3 heteroatoms. The molecule has 0 saturated carbocycles. The van der Waals surface area contributed by atoms with Crippen LogP contribution in [0.5, 0.6) is 0 Å². The number of aryl methyl sites for hydroxylation is 1. The molecule has 3 nitrogen and oxygen atoms in total. The van der Waals surface area contributed by atoms with Crippen LogP contribution in [0.3, 0.4) is 0 Å². The first-order chi connectivity index (χ1) is 6.83. The molecule has 2 heterocycles. The molecule has 0 atom stereocenters. The van der Waals surface area contributed by atoms with Crippen LogP contribution in [0.25, 0.3) is 10.9 Å². The van der Waals surface area contributed by atoms with E-state index in [4.69, 9.17) is 0 Å². The summed E-state index contributed by atoms with van der Waals surface area (Å²) < 4.78 is 1.77. The first-order valence-corrected chi connectivity index (χ1v) is 4.76. The van der Waals surface area contributed by atoms with E-state index in [0.29, 0.717) is 0 Å². The molecule has 0 radical (unpaired) electrons. The molecule has 0 saturated heterocycles. The number of fused-ring (bicyclic) bond motifs is 1. The van der Waals surface area contributed by atoms with Crippen molar-refractivity contribution >= 4 is 10.9 Å². The van der Waals surface area contributed by atoms with Crippen LogP contribution >= 0.6 is 0 Å². The van der Waals surface area contributed by atoms with Crippen LogP contribution in [0, 0.1) is 0 Å². The van der Waals surface area contributed by atoms with Crippen LogP contribution in [0.2, 0.25) is 0 Å². The van der Waals surface area contributed by atoms with Crippen molar-refractivity contribution in [2.45, 2.75) is 19.9 Å². The zero-order chi connectivity index (χ0) is 9.97. The zero-order valence-electron chi connectivity index (χ0n) is 8.10. The Hall–Kier alpha value is -1.64. The highest BCUT2D eigenvalue weighted by Gasteiger charge is 2.00. The minimum atomic E-state index is 0.0485. The first-order valence-electron chi connectivity index (χ1n) is 4.76. The van der Waals surface area contributed by atoms with Gasteiger partial charge in [-0.3, -0.25) is 9.78 Å². The van der Waals surface area contributed by atoms with Gasteiger partial charge in [0.1, 0.15) is 0 Å². The van der Waals surface area contributed by atoms with E-state index in [1.807, 2.05) is 12.1 Å². The van der Waals surface area contributed by atoms with Gasteiger partial charge >= 0.3 is 0 Å². The molecule has 0 spiro atoms. The fourth-order valence-electron chi connectivity index (χ4n) is 1.59. The van der Waals surface area contributed by atoms with Crippen molar-refractivity contribution in [2.24, 2.45) is 0 Å². The monoisotopic (exact) mass is 188 g/mol. The Labute approximate surface area is 82.0 Å². The molecule has 0 amide bonds. The van der Waals surface area contributed by atoms with Crippen LogP contribution in [0.1, 0.15) is 13.3 Å². The van der Waals surface area contributed by atoms with E-state index >= 15 is 0 Å². The third-order valence-corrected chi connectivity index (χ3v) is 2.24. The summed E-state index contributed by atoms with van der Waals surface area (Å²) in [5.74, 6) is 0. The van der Waals surface area contributed by atoms with Crippen molar-refractivity contribution in [1.82, 2.24) is 9.55 Å². The first kappa shape index (κ1) is 8.94. The second-order valence-corrected chi connectivity index (χ2v) is 3.26. The Morgan fingerprint density at radius 2 is 2.21 bits per heavy atom. The number of aromatic nitrogens is 2. The number of hydrogen-bond acceptors (Lipinski definition) is 2. The van der Waals surface area contributed by atoms with E-state index in [2.05, 4.69) is 11.9 Å². The fourth-order valence-corrected chi connectivity index (χ4v) is 1.59. The predicted molar refractivity (Wildman–Crippen MR) is 56.3 cm³/mol. The second kappa shape index (κ2) is 3.62. The third-order valence-electron chi connectivity index (χ3n) is 2.24. The highest BCUT2D eigenvalue weighted by molar-refractivity contribution is 5.77. The topological polar surface area (TPSA) is 34.9 Å². The van der Waals surface area contributed by atoms with Crippen LogP contribution in [0.4, 0.5) is 0 Å². The quantitative estimate of drug-likeness (QED) is 0.720. The van der Waals surface area contributed by atoms with Gasteiger partial charge in [0.2, 0.25) is 0 Å². The summed E-state index contributed by atoms with van der Waals surface area (Å²) in [7, 11) is 0. The molecule has 0 aromatic carbocycles. The van der Waals surface area contributed by atoms with Crippen molar-refractivity contribution in [3.63, 3.8) is 0 Å². The van der Waals surface area contributed by atoms with Gasteiger partial charge in [-0.05, 0) is 18.6 Å². The van der Waals surface area contributed by atoms with Gasteiger partial charge in [-0.1, -0.05) is 6.92 Å². The van der Waals surface area contributed by atoms with E-state index in [0.717, 1.165) is 23.9 Å². The lowest BCUT2D eigenvalue weighted by molar-refractivity contribution is 0.677. The summed E-state index contributed by atoms with van der Waals surface area (Å²) >= 11 is 0. The minimum absolute atomic E-state index is 0.0485. The van der Waals surface area contributed by atoms with E-state index in [1.54, 1.807) is 23.0 Å². The summed E-state index contributed by atoms with van der Waals surface area (Å²) in [5, 5.41) is 1.06. The lowest BCUT2D eigenvalue weighted by atomic mass is 10.2. The molecule has 0 unspecified atom stereocenters. The average Bonchev–Trinajstić information content (AvgIpc) is 2.23. The van der Waals surface area contributed by atoms with E-state index in [1.165, 1.54) is 0 Å². The van der Waals surface area contributed by atoms with Crippen molar-refractivity contribution in [2.75, 3.05) is 0 Å². The molecular formula is C11H12N2O. The smallest absolute Gasteiger partial charge is 0.251 e. The normalized spacial score (nSPS) is 10.6. The molecule has 0 aliphatic carbocycles. The van der Waals surface area contributed by atoms with E-state index in [-0.39, 0.29) is 5.56 Å². The third kappa shape index (κ3) is 1.41. The Kier molecular flexibility index (Phi) is 2.31. The summed E-state index contributed by atoms with van der Waals surface area (Å²) in [4.78, 5) is 15.6. The molecule has 14 heavy (non-hydrogen) atoms. The molecule has 72 valence electrons. The average molecular weight is 188 g/mol. The standard InChI is InChI=1S/C11H12N2O/c1-2-7-13-10-8-12-6-5-9(10)3-4-11(13)14/h3-6,8H,2,7H2,1H3. The zero-order valence-corrected chi connectivity index (χ0v) is 8.10. The molecule has 0 fully saturated rings. The molecule has 0 aliphatic heterocycles. The van der Waals surface area contributed by atoms with Gasteiger partial charge in [0.25, 0.3) is 5.56 Å². The van der Waals surface area contributed by atoms with E-state index < -0.39 is 0 Å². The summed E-state index contributed by atoms with van der Waals surface area (Å²) in [6.07, 6.45) is 4.43. The SMILES string of the molecule is CCCn1c(=O)ccc2ccncc21. The summed E-state index contributed by atoms with van der Waals surface area (Å²) in [6.45, 7) is 2.81. The van der Waals surface area contributed by atoms with Crippen molar-refractivity contribution in [3.8, 4) is 0 Å². The molecule has 0 bridgehead atoms. The Balaban J connectivity index is 2.76. The molecule has 2 aromatic heterocycles. The van der Waals surface area contributed by atoms with Gasteiger partial charge in [-0.25, -0.2) is 0 Å². The van der Waals surface area contributed by atoms with Crippen molar-refractivity contribution < 1.29 is 0 Å². The van der Waals surface area contributed by atoms with Crippen LogP contribution in [0.15, 0.2) is 35.4 Å². The highest BCUT2D eigenvalue weighted by atomic mass is 16.1. The van der Waals surface area contributed by atoms with Gasteiger partial charge < -0.3 is 4.57 Å². The number of rotatable bonds is 2. The number of hydrogen-bond donors (Lipinski definition) is 0. The Morgan fingerprint density at radius 1 is 1.36 bits per heavy atom.